The Morgan fingerprint density at radius 3 is 2.13 bits per heavy atom. The first kappa shape index (κ1) is 15.6. The first-order chi connectivity index (χ1) is 11.1. The summed E-state index contributed by atoms with van der Waals surface area (Å²) in [6, 6.07) is 15.1. The maximum Gasteiger partial charge on any atom is 0.425 e. The summed E-state index contributed by atoms with van der Waals surface area (Å²) >= 11 is 3.00. The second kappa shape index (κ2) is 6.85. The maximum absolute atomic E-state index is 12.7. The van der Waals surface area contributed by atoms with Crippen molar-refractivity contribution in [2.45, 2.75) is 0 Å². The van der Waals surface area contributed by atoms with Crippen molar-refractivity contribution in [2.24, 2.45) is 0 Å². The minimum absolute atomic E-state index is 0.411. The molecule has 1 amide bonds. The molecule has 6 heteroatoms. The fourth-order valence-electron chi connectivity index (χ4n) is 2.05. The van der Waals surface area contributed by atoms with Gasteiger partial charge in [-0.3, -0.25) is 0 Å². The minimum atomic E-state index is -0.411. The molecule has 2 aromatic heterocycles. The summed E-state index contributed by atoms with van der Waals surface area (Å²) in [5.74, 6) is 0.527. The Hall–Kier alpha value is -2.31. The van der Waals surface area contributed by atoms with Gasteiger partial charge in [-0.05, 0) is 47.2 Å². The van der Waals surface area contributed by atoms with Crippen molar-refractivity contribution in [1.29, 1.82) is 0 Å². The van der Waals surface area contributed by atoms with Crippen molar-refractivity contribution in [2.75, 3.05) is 23.9 Å². The molecule has 0 atom stereocenters. The molecule has 118 valence electrons. The molecule has 4 nitrogen and oxygen atoms in total. The average molecular weight is 344 g/mol. The van der Waals surface area contributed by atoms with E-state index < -0.39 is 6.09 Å². The lowest BCUT2D eigenvalue weighted by Gasteiger charge is -2.19. The molecular formula is C17H16N2O2S2. The van der Waals surface area contributed by atoms with E-state index in [0.29, 0.717) is 5.75 Å². The largest absolute Gasteiger partial charge is 0.425 e. The number of anilines is 3. The topological polar surface area (TPSA) is 32.8 Å². The summed E-state index contributed by atoms with van der Waals surface area (Å²) in [6.07, 6.45) is -0.411. The monoisotopic (exact) mass is 344 g/mol. The molecule has 0 radical (unpaired) electrons. The van der Waals surface area contributed by atoms with E-state index in [1.807, 2.05) is 72.2 Å². The molecule has 0 fully saturated rings. The van der Waals surface area contributed by atoms with Gasteiger partial charge in [-0.2, -0.15) is 0 Å². The maximum atomic E-state index is 12.7. The standard InChI is InChI=1S/C17H16N2O2S2/c1-18(2)13-6-3-7-14(12-13)21-17(20)19(15-8-4-10-22-15)16-9-5-11-23-16/h3-12H,1-2H3. The van der Waals surface area contributed by atoms with Gasteiger partial charge in [-0.1, -0.05) is 6.07 Å². The molecule has 0 spiro atoms. The fraction of sp³-hybridized carbons (Fsp3) is 0.118. The number of rotatable bonds is 4. The van der Waals surface area contributed by atoms with Crippen LogP contribution in [0.3, 0.4) is 0 Å². The van der Waals surface area contributed by atoms with Gasteiger partial charge in [0.05, 0.1) is 0 Å². The van der Waals surface area contributed by atoms with E-state index in [1.54, 1.807) is 11.0 Å². The number of hydrogen-bond acceptors (Lipinski definition) is 5. The number of thiophene rings is 2. The Morgan fingerprint density at radius 2 is 1.61 bits per heavy atom. The predicted molar refractivity (Wildman–Crippen MR) is 97.6 cm³/mol. The number of benzene rings is 1. The first-order valence-electron chi connectivity index (χ1n) is 7.01. The molecule has 2 heterocycles. The quantitative estimate of drug-likeness (QED) is 0.651. The molecule has 0 aliphatic rings. The van der Waals surface area contributed by atoms with Crippen molar-refractivity contribution < 1.29 is 9.53 Å². The number of carbonyl (C=O) groups is 1. The van der Waals surface area contributed by atoms with Crippen LogP contribution in [0.15, 0.2) is 59.3 Å². The predicted octanol–water partition coefficient (Wildman–Crippen LogP) is 5.21. The van der Waals surface area contributed by atoms with Gasteiger partial charge in [0.1, 0.15) is 15.8 Å². The summed E-state index contributed by atoms with van der Waals surface area (Å²) < 4.78 is 5.59. The van der Waals surface area contributed by atoms with E-state index in [4.69, 9.17) is 4.74 Å². The minimum Gasteiger partial charge on any atom is -0.410 e. The first-order valence-corrected chi connectivity index (χ1v) is 8.77. The van der Waals surface area contributed by atoms with Crippen LogP contribution in [0.5, 0.6) is 5.75 Å². The van der Waals surface area contributed by atoms with Crippen LogP contribution < -0.4 is 14.5 Å². The molecule has 0 N–H and O–H groups in total. The van der Waals surface area contributed by atoms with Crippen molar-refractivity contribution in [3.63, 3.8) is 0 Å². The average Bonchev–Trinajstić information content (AvgIpc) is 3.22. The van der Waals surface area contributed by atoms with Gasteiger partial charge >= 0.3 is 6.09 Å². The molecule has 3 aromatic rings. The van der Waals surface area contributed by atoms with Crippen molar-refractivity contribution in [3.05, 3.63) is 59.3 Å². The number of amides is 1. The Labute approximate surface area is 143 Å². The molecule has 23 heavy (non-hydrogen) atoms. The van der Waals surface area contributed by atoms with Gasteiger partial charge in [-0.25, -0.2) is 9.69 Å². The van der Waals surface area contributed by atoms with Crippen LogP contribution in [0.2, 0.25) is 0 Å². The zero-order valence-corrected chi connectivity index (χ0v) is 14.4. The Bertz CT molecular complexity index is 734. The summed E-state index contributed by atoms with van der Waals surface area (Å²) in [4.78, 5) is 16.3. The van der Waals surface area contributed by atoms with Crippen LogP contribution in [-0.2, 0) is 0 Å². The lowest BCUT2D eigenvalue weighted by atomic mass is 10.3. The summed E-state index contributed by atoms with van der Waals surface area (Å²) in [6.45, 7) is 0. The van der Waals surface area contributed by atoms with Crippen LogP contribution in [0.4, 0.5) is 20.5 Å². The number of nitrogens with zero attached hydrogens (tertiary/aromatic N) is 2. The van der Waals surface area contributed by atoms with Crippen LogP contribution in [0.1, 0.15) is 0 Å². The van der Waals surface area contributed by atoms with E-state index in [-0.39, 0.29) is 0 Å². The summed E-state index contributed by atoms with van der Waals surface area (Å²) in [5.41, 5.74) is 0.981. The van der Waals surface area contributed by atoms with Crippen molar-refractivity contribution >= 4 is 44.5 Å². The molecule has 0 unspecified atom stereocenters. The third-order valence-corrected chi connectivity index (χ3v) is 4.88. The van der Waals surface area contributed by atoms with E-state index >= 15 is 0 Å². The Morgan fingerprint density at radius 1 is 0.957 bits per heavy atom. The second-order valence-corrected chi connectivity index (χ2v) is 6.85. The van der Waals surface area contributed by atoms with Gasteiger partial charge in [0.2, 0.25) is 0 Å². The van der Waals surface area contributed by atoms with Gasteiger partial charge in [0, 0.05) is 25.8 Å². The third-order valence-electron chi connectivity index (χ3n) is 3.17. The van der Waals surface area contributed by atoms with E-state index in [0.717, 1.165) is 15.7 Å². The molecule has 1 aromatic carbocycles. The zero-order chi connectivity index (χ0) is 16.2. The number of hydrogen-bond donors (Lipinski definition) is 0. The fourth-order valence-corrected chi connectivity index (χ4v) is 3.58. The molecule has 0 saturated carbocycles. The van der Waals surface area contributed by atoms with E-state index in [1.165, 1.54) is 22.7 Å². The lowest BCUT2D eigenvalue weighted by Crippen LogP contribution is -2.27. The van der Waals surface area contributed by atoms with Crippen molar-refractivity contribution in [1.82, 2.24) is 0 Å². The van der Waals surface area contributed by atoms with Crippen LogP contribution in [0, 0.1) is 0 Å². The van der Waals surface area contributed by atoms with Crippen LogP contribution >= 0.6 is 22.7 Å². The van der Waals surface area contributed by atoms with Gasteiger partial charge in [0.25, 0.3) is 0 Å². The molecular weight excluding hydrogens is 328 g/mol. The highest BCUT2D eigenvalue weighted by atomic mass is 32.1. The van der Waals surface area contributed by atoms with Gasteiger partial charge in [-0.15, -0.1) is 22.7 Å². The second-order valence-electron chi connectivity index (χ2n) is 5.00. The lowest BCUT2D eigenvalue weighted by molar-refractivity contribution is 0.210. The third kappa shape index (κ3) is 3.55. The van der Waals surface area contributed by atoms with Crippen molar-refractivity contribution in [3.8, 4) is 5.75 Å². The summed E-state index contributed by atoms with van der Waals surface area (Å²) in [7, 11) is 3.90. The molecule has 0 bridgehead atoms. The van der Waals surface area contributed by atoms with E-state index in [9.17, 15) is 4.79 Å². The van der Waals surface area contributed by atoms with Crippen LogP contribution in [-0.4, -0.2) is 20.2 Å². The SMILES string of the molecule is CN(C)c1cccc(OC(=O)N(c2cccs2)c2cccs2)c1. The Balaban J connectivity index is 1.86. The van der Waals surface area contributed by atoms with Gasteiger partial charge < -0.3 is 9.64 Å². The van der Waals surface area contributed by atoms with Crippen LogP contribution in [0.25, 0.3) is 0 Å². The zero-order valence-electron chi connectivity index (χ0n) is 12.8. The highest BCUT2D eigenvalue weighted by Crippen LogP contribution is 2.34. The Kier molecular flexibility index (Phi) is 4.64. The molecule has 0 saturated heterocycles. The highest BCUT2D eigenvalue weighted by molar-refractivity contribution is 7.16. The molecule has 3 rings (SSSR count). The van der Waals surface area contributed by atoms with E-state index in [2.05, 4.69) is 0 Å². The summed E-state index contributed by atoms with van der Waals surface area (Å²) in [5, 5.41) is 5.55. The molecule has 0 aliphatic carbocycles. The van der Waals surface area contributed by atoms with Gasteiger partial charge in [0.15, 0.2) is 0 Å². The number of ether oxygens (including phenoxy) is 1. The number of carbonyl (C=O) groups excluding carboxylic acids is 1. The normalized spacial score (nSPS) is 10.3. The smallest absolute Gasteiger partial charge is 0.410 e. The molecule has 0 aliphatic heterocycles. The highest BCUT2D eigenvalue weighted by Gasteiger charge is 2.22.